The monoisotopic (exact) mass is 276 g/mol. The molecule has 0 aliphatic rings. The van der Waals surface area contributed by atoms with Crippen molar-refractivity contribution in [2.24, 2.45) is 0 Å². The zero-order valence-corrected chi connectivity index (χ0v) is 12.2. The minimum absolute atomic E-state index is 0.276. The number of halogens is 1. The van der Waals surface area contributed by atoms with Crippen LogP contribution in [-0.4, -0.2) is 20.5 Å². The summed E-state index contributed by atoms with van der Waals surface area (Å²) in [6.45, 7) is 5.87. The van der Waals surface area contributed by atoms with Crippen LogP contribution in [0.3, 0.4) is 0 Å². The maximum absolute atomic E-state index is 13.2. The molecule has 2 aromatic rings. The maximum Gasteiger partial charge on any atom is 0.123 e. The van der Waals surface area contributed by atoms with Crippen LogP contribution >= 0.6 is 0 Å². The summed E-state index contributed by atoms with van der Waals surface area (Å²) in [5.74, 6) is -0.276. The van der Waals surface area contributed by atoms with E-state index in [1.807, 2.05) is 23.0 Å². The average molecular weight is 276 g/mol. The van der Waals surface area contributed by atoms with Gasteiger partial charge in [-0.25, -0.2) is 4.39 Å². The Labute approximate surface area is 119 Å². The Morgan fingerprint density at radius 2 is 2.05 bits per heavy atom. The van der Waals surface area contributed by atoms with Gasteiger partial charge in [0.1, 0.15) is 5.82 Å². The van der Waals surface area contributed by atoms with Crippen molar-refractivity contribution in [1.29, 1.82) is 0 Å². The van der Waals surface area contributed by atoms with E-state index in [9.17, 15) is 9.50 Å². The Morgan fingerprint density at radius 3 is 2.65 bits per heavy atom. The van der Waals surface area contributed by atoms with Crippen LogP contribution in [0.1, 0.15) is 38.1 Å². The van der Waals surface area contributed by atoms with Gasteiger partial charge < -0.3 is 5.11 Å². The molecule has 1 aromatic heterocycles. The van der Waals surface area contributed by atoms with Crippen LogP contribution in [0.25, 0.3) is 0 Å². The fourth-order valence-electron chi connectivity index (χ4n) is 2.30. The number of rotatable bonds is 5. The van der Waals surface area contributed by atoms with E-state index < -0.39 is 5.60 Å². The van der Waals surface area contributed by atoms with Gasteiger partial charge in [0, 0.05) is 25.1 Å². The minimum atomic E-state index is -0.941. The first-order valence-electron chi connectivity index (χ1n) is 6.86. The molecule has 1 N–H and O–H groups in total. The first-order chi connectivity index (χ1) is 9.35. The van der Waals surface area contributed by atoms with Crippen molar-refractivity contribution in [3.05, 3.63) is 53.6 Å². The molecule has 0 radical (unpaired) electrons. The van der Waals surface area contributed by atoms with E-state index in [1.54, 1.807) is 13.0 Å². The standard InChI is InChI=1S/C16H21FN2O/c1-12(2)19-8-7-15(18-19)11-16(3,20)10-13-5-4-6-14(17)9-13/h4-9,12,20H,10-11H2,1-3H3. The number of hydrogen-bond acceptors (Lipinski definition) is 2. The number of nitrogens with zero attached hydrogens (tertiary/aromatic N) is 2. The van der Waals surface area contributed by atoms with Gasteiger partial charge in [-0.3, -0.25) is 4.68 Å². The van der Waals surface area contributed by atoms with E-state index in [0.717, 1.165) is 11.3 Å². The molecular weight excluding hydrogens is 255 g/mol. The molecule has 1 unspecified atom stereocenters. The summed E-state index contributed by atoms with van der Waals surface area (Å²) in [6, 6.07) is 8.57. The van der Waals surface area contributed by atoms with Crippen molar-refractivity contribution in [2.75, 3.05) is 0 Å². The number of aliphatic hydroxyl groups is 1. The summed E-state index contributed by atoms with van der Waals surface area (Å²) in [6.07, 6.45) is 2.76. The molecule has 0 fully saturated rings. The third-order valence-corrected chi connectivity index (χ3v) is 3.23. The summed E-state index contributed by atoms with van der Waals surface area (Å²) in [7, 11) is 0. The van der Waals surface area contributed by atoms with Crippen LogP contribution in [0.2, 0.25) is 0 Å². The van der Waals surface area contributed by atoms with Gasteiger partial charge in [-0.05, 0) is 44.5 Å². The fraction of sp³-hybridized carbons (Fsp3) is 0.438. The average Bonchev–Trinajstić information content (AvgIpc) is 2.75. The molecule has 0 saturated heterocycles. The molecule has 2 rings (SSSR count). The Balaban J connectivity index is 2.06. The van der Waals surface area contributed by atoms with Gasteiger partial charge in [0.15, 0.2) is 0 Å². The second-order valence-corrected chi connectivity index (χ2v) is 5.86. The van der Waals surface area contributed by atoms with Crippen LogP contribution in [0.5, 0.6) is 0 Å². The van der Waals surface area contributed by atoms with Gasteiger partial charge in [-0.1, -0.05) is 12.1 Å². The second-order valence-electron chi connectivity index (χ2n) is 5.86. The minimum Gasteiger partial charge on any atom is -0.389 e. The van der Waals surface area contributed by atoms with Crippen molar-refractivity contribution in [1.82, 2.24) is 9.78 Å². The lowest BCUT2D eigenvalue weighted by Crippen LogP contribution is -2.30. The summed E-state index contributed by atoms with van der Waals surface area (Å²) in [5.41, 5.74) is 0.697. The van der Waals surface area contributed by atoms with Crippen LogP contribution in [0.15, 0.2) is 36.5 Å². The third kappa shape index (κ3) is 3.90. The van der Waals surface area contributed by atoms with E-state index in [0.29, 0.717) is 18.9 Å². The first kappa shape index (κ1) is 14.7. The smallest absolute Gasteiger partial charge is 0.123 e. The molecule has 0 aliphatic carbocycles. The molecule has 0 amide bonds. The number of hydrogen-bond donors (Lipinski definition) is 1. The van der Waals surface area contributed by atoms with Crippen molar-refractivity contribution in [3.8, 4) is 0 Å². The molecule has 20 heavy (non-hydrogen) atoms. The van der Waals surface area contributed by atoms with E-state index in [2.05, 4.69) is 18.9 Å². The highest BCUT2D eigenvalue weighted by atomic mass is 19.1. The quantitative estimate of drug-likeness (QED) is 0.911. The predicted molar refractivity (Wildman–Crippen MR) is 77.0 cm³/mol. The highest BCUT2D eigenvalue weighted by molar-refractivity contribution is 5.19. The van der Waals surface area contributed by atoms with Crippen LogP contribution in [-0.2, 0) is 12.8 Å². The van der Waals surface area contributed by atoms with E-state index in [4.69, 9.17) is 0 Å². The van der Waals surface area contributed by atoms with Gasteiger partial charge >= 0.3 is 0 Å². The summed E-state index contributed by atoms with van der Waals surface area (Å²) in [5, 5.41) is 14.9. The molecule has 0 saturated carbocycles. The molecule has 1 aromatic carbocycles. The molecule has 0 bridgehead atoms. The first-order valence-corrected chi connectivity index (χ1v) is 6.86. The van der Waals surface area contributed by atoms with Gasteiger partial charge in [0.2, 0.25) is 0 Å². The Kier molecular flexibility index (Phi) is 4.23. The maximum atomic E-state index is 13.2. The lowest BCUT2D eigenvalue weighted by atomic mass is 9.92. The molecular formula is C16H21FN2O. The Morgan fingerprint density at radius 1 is 1.30 bits per heavy atom. The molecule has 0 aliphatic heterocycles. The van der Waals surface area contributed by atoms with Crippen LogP contribution < -0.4 is 0 Å². The fourth-order valence-corrected chi connectivity index (χ4v) is 2.30. The molecule has 1 heterocycles. The SMILES string of the molecule is CC(C)n1ccc(CC(C)(O)Cc2cccc(F)c2)n1. The predicted octanol–water partition coefficient (Wildman–Crippen LogP) is 3.14. The van der Waals surface area contributed by atoms with E-state index >= 15 is 0 Å². The number of aromatic nitrogens is 2. The summed E-state index contributed by atoms with van der Waals surface area (Å²) < 4.78 is 15.0. The van der Waals surface area contributed by atoms with Crippen molar-refractivity contribution in [2.45, 2.75) is 45.3 Å². The molecule has 1 atom stereocenters. The highest BCUT2D eigenvalue weighted by Crippen LogP contribution is 2.19. The van der Waals surface area contributed by atoms with Gasteiger partial charge in [-0.2, -0.15) is 5.10 Å². The topological polar surface area (TPSA) is 38.0 Å². The zero-order chi connectivity index (χ0) is 14.8. The van der Waals surface area contributed by atoms with Crippen LogP contribution in [0.4, 0.5) is 4.39 Å². The highest BCUT2D eigenvalue weighted by Gasteiger charge is 2.23. The lowest BCUT2D eigenvalue weighted by molar-refractivity contribution is 0.0596. The third-order valence-electron chi connectivity index (χ3n) is 3.23. The second kappa shape index (κ2) is 5.75. The molecule has 4 heteroatoms. The van der Waals surface area contributed by atoms with Crippen molar-refractivity contribution in [3.63, 3.8) is 0 Å². The molecule has 3 nitrogen and oxygen atoms in total. The summed E-state index contributed by atoms with van der Waals surface area (Å²) in [4.78, 5) is 0. The Bertz CT molecular complexity index is 575. The van der Waals surface area contributed by atoms with Crippen molar-refractivity contribution >= 4 is 0 Å². The van der Waals surface area contributed by atoms with Gasteiger partial charge in [0.05, 0.1) is 11.3 Å². The number of benzene rings is 1. The zero-order valence-electron chi connectivity index (χ0n) is 12.2. The van der Waals surface area contributed by atoms with Crippen molar-refractivity contribution < 1.29 is 9.50 Å². The largest absolute Gasteiger partial charge is 0.389 e. The normalized spacial score (nSPS) is 14.5. The van der Waals surface area contributed by atoms with E-state index in [1.165, 1.54) is 12.1 Å². The van der Waals surface area contributed by atoms with Gasteiger partial charge in [-0.15, -0.1) is 0 Å². The van der Waals surface area contributed by atoms with Gasteiger partial charge in [0.25, 0.3) is 0 Å². The molecule has 0 spiro atoms. The van der Waals surface area contributed by atoms with Crippen LogP contribution in [0, 0.1) is 5.82 Å². The Hall–Kier alpha value is -1.68. The molecule has 108 valence electrons. The lowest BCUT2D eigenvalue weighted by Gasteiger charge is -2.22. The summed E-state index contributed by atoms with van der Waals surface area (Å²) >= 11 is 0. The van der Waals surface area contributed by atoms with E-state index in [-0.39, 0.29) is 5.82 Å².